The highest BCUT2D eigenvalue weighted by Gasteiger charge is 2.14. The van der Waals surface area contributed by atoms with Gasteiger partial charge in [0.25, 0.3) is 0 Å². The summed E-state index contributed by atoms with van der Waals surface area (Å²) in [5.74, 6) is 1.46. The molecule has 3 N–H and O–H groups in total. The molecule has 0 aliphatic heterocycles. The number of ether oxygens (including phenoxy) is 1. The Morgan fingerprint density at radius 3 is 2.81 bits per heavy atom. The standard InChI is InChI=1S/C16H16N4O/c1-10-15(11-4-3-7-18-9-11)20-16(19-10)13-8-12(17)5-6-14(13)21-2/h3-9H,17H2,1-2H3,(H,19,20). The topological polar surface area (TPSA) is 76.8 Å². The van der Waals surface area contributed by atoms with Crippen molar-refractivity contribution in [3.05, 3.63) is 48.4 Å². The third-order valence-electron chi connectivity index (χ3n) is 3.31. The Labute approximate surface area is 122 Å². The van der Waals surface area contributed by atoms with Crippen molar-refractivity contribution < 1.29 is 4.74 Å². The summed E-state index contributed by atoms with van der Waals surface area (Å²) in [6, 6.07) is 9.39. The van der Waals surface area contributed by atoms with Gasteiger partial charge in [-0.2, -0.15) is 0 Å². The molecule has 0 aliphatic carbocycles. The predicted octanol–water partition coefficient (Wildman–Crippen LogP) is 3.04. The van der Waals surface area contributed by atoms with E-state index < -0.39 is 0 Å². The highest BCUT2D eigenvalue weighted by molar-refractivity contribution is 5.72. The van der Waals surface area contributed by atoms with Gasteiger partial charge in [0.15, 0.2) is 0 Å². The van der Waals surface area contributed by atoms with E-state index in [1.165, 1.54) is 0 Å². The summed E-state index contributed by atoms with van der Waals surface area (Å²) >= 11 is 0. The van der Waals surface area contributed by atoms with Crippen molar-refractivity contribution in [1.29, 1.82) is 0 Å². The first-order valence-electron chi connectivity index (χ1n) is 6.60. The number of nitrogens with two attached hydrogens (primary N) is 1. The third kappa shape index (κ3) is 2.45. The lowest BCUT2D eigenvalue weighted by Gasteiger charge is -2.06. The number of anilines is 1. The maximum atomic E-state index is 5.87. The Bertz CT molecular complexity index is 765. The van der Waals surface area contributed by atoms with Gasteiger partial charge in [0.1, 0.15) is 11.6 Å². The zero-order valence-electron chi connectivity index (χ0n) is 11.9. The highest BCUT2D eigenvalue weighted by atomic mass is 16.5. The molecule has 0 bridgehead atoms. The van der Waals surface area contributed by atoms with Crippen molar-refractivity contribution >= 4 is 5.69 Å². The van der Waals surface area contributed by atoms with E-state index in [1.807, 2.05) is 31.2 Å². The lowest BCUT2D eigenvalue weighted by molar-refractivity contribution is 0.416. The van der Waals surface area contributed by atoms with E-state index in [1.54, 1.807) is 25.6 Å². The van der Waals surface area contributed by atoms with Crippen LogP contribution in [0.3, 0.4) is 0 Å². The van der Waals surface area contributed by atoms with E-state index in [-0.39, 0.29) is 0 Å². The number of methoxy groups -OCH3 is 1. The molecule has 0 fully saturated rings. The minimum atomic E-state index is 0.669. The molecule has 0 amide bonds. The molecule has 0 radical (unpaired) electrons. The number of imidazole rings is 1. The van der Waals surface area contributed by atoms with Gasteiger partial charge < -0.3 is 15.5 Å². The number of rotatable bonds is 3. The monoisotopic (exact) mass is 280 g/mol. The Kier molecular flexibility index (Phi) is 3.31. The van der Waals surface area contributed by atoms with Crippen LogP contribution in [0.5, 0.6) is 5.75 Å². The van der Waals surface area contributed by atoms with Crippen LogP contribution in [0.1, 0.15) is 5.69 Å². The quantitative estimate of drug-likeness (QED) is 0.723. The molecule has 3 rings (SSSR count). The molecule has 5 nitrogen and oxygen atoms in total. The van der Waals surface area contributed by atoms with Crippen LogP contribution < -0.4 is 10.5 Å². The largest absolute Gasteiger partial charge is 0.496 e. The molecular weight excluding hydrogens is 264 g/mol. The number of nitrogen functional groups attached to an aromatic ring is 1. The number of aromatic nitrogens is 3. The van der Waals surface area contributed by atoms with E-state index in [2.05, 4.69) is 15.0 Å². The van der Waals surface area contributed by atoms with Crippen molar-refractivity contribution in [2.45, 2.75) is 6.92 Å². The van der Waals surface area contributed by atoms with Crippen LogP contribution in [0.15, 0.2) is 42.7 Å². The average molecular weight is 280 g/mol. The number of hydrogen-bond acceptors (Lipinski definition) is 4. The van der Waals surface area contributed by atoms with E-state index in [9.17, 15) is 0 Å². The zero-order valence-corrected chi connectivity index (χ0v) is 11.9. The second-order valence-corrected chi connectivity index (χ2v) is 4.75. The molecule has 0 saturated carbocycles. The van der Waals surface area contributed by atoms with Crippen molar-refractivity contribution in [3.8, 4) is 28.4 Å². The van der Waals surface area contributed by atoms with Gasteiger partial charge in [-0.1, -0.05) is 0 Å². The summed E-state index contributed by atoms with van der Waals surface area (Å²) in [7, 11) is 1.63. The first-order valence-corrected chi connectivity index (χ1v) is 6.60. The number of H-pyrrole nitrogens is 1. The fourth-order valence-electron chi connectivity index (χ4n) is 2.29. The normalized spacial score (nSPS) is 10.6. The molecule has 3 aromatic rings. The molecule has 106 valence electrons. The van der Waals surface area contributed by atoms with E-state index in [4.69, 9.17) is 10.5 Å². The summed E-state index contributed by atoms with van der Waals surface area (Å²) in [4.78, 5) is 12.1. The summed E-state index contributed by atoms with van der Waals surface area (Å²) < 4.78 is 5.38. The van der Waals surface area contributed by atoms with Crippen molar-refractivity contribution in [1.82, 2.24) is 15.0 Å². The van der Waals surface area contributed by atoms with Gasteiger partial charge in [0.05, 0.1) is 24.1 Å². The fraction of sp³-hybridized carbons (Fsp3) is 0.125. The number of aryl methyl sites for hydroxylation is 1. The minimum absolute atomic E-state index is 0.669. The van der Waals surface area contributed by atoms with Gasteiger partial charge in [-0.3, -0.25) is 4.98 Å². The van der Waals surface area contributed by atoms with Crippen LogP contribution in [0.2, 0.25) is 0 Å². The zero-order chi connectivity index (χ0) is 14.8. The first kappa shape index (κ1) is 13.2. The second kappa shape index (κ2) is 5.28. The Morgan fingerprint density at radius 1 is 1.24 bits per heavy atom. The average Bonchev–Trinajstić information content (AvgIpc) is 2.90. The van der Waals surface area contributed by atoms with Crippen LogP contribution in [0.25, 0.3) is 22.6 Å². The number of nitrogens with zero attached hydrogens (tertiary/aromatic N) is 2. The van der Waals surface area contributed by atoms with Gasteiger partial charge in [0, 0.05) is 23.6 Å². The number of benzene rings is 1. The van der Waals surface area contributed by atoms with Gasteiger partial charge in [0.2, 0.25) is 0 Å². The number of hydrogen-bond donors (Lipinski definition) is 2. The van der Waals surface area contributed by atoms with Gasteiger partial charge in [-0.15, -0.1) is 0 Å². The smallest absolute Gasteiger partial charge is 0.141 e. The molecule has 2 heterocycles. The first-order chi connectivity index (χ1) is 10.2. The Balaban J connectivity index is 2.12. The summed E-state index contributed by atoms with van der Waals surface area (Å²) in [6.07, 6.45) is 3.55. The molecule has 2 aromatic heterocycles. The lowest BCUT2D eigenvalue weighted by Crippen LogP contribution is -1.92. The Morgan fingerprint density at radius 2 is 2.10 bits per heavy atom. The summed E-state index contributed by atoms with van der Waals surface area (Å²) in [5.41, 5.74) is 10.2. The summed E-state index contributed by atoms with van der Waals surface area (Å²) in [6.45, 7) is 1.96. The van der Waals surface area contributed by atoms with E-state index >= 15 is 0 Å². The van der Waals surface area contributed by atoms with Crippen LogP contribution in [0.4, 0.5) is 5.69 Å². The van der Waals surface area contributed by atoms with Crippen molar-refractivity contribution in [2.75, 3.05) is 12.8 Å². The highest BCUT2D eigenvalue weighted by Crippen LogP contribution is 2.32. The van der Waals surface area contributed by atoms with Crippen LogP contribution in [-0.4, -0.2) is 22.1 Å². The third-order valence-corrected chi connectivity index (χ3v) is 3.31. The maximum absolute atomic E-state index is 5.87. The maximum Gasteiger partial charge on any atom is 0.141 e. The molecule has 0 aliphatic rings. The van der Waals surface area contributed by atoms with Crippen LogP contribution in [-0.2, 0) is 0 Å². The molecule has 5 heteroatoms. The Hall–Kier alpha value is -2.82. The molecule has 0 saturated heterocycles. The van der Waals surface area contributed by atoms with Gasteiger partial charge in [-0.25, -0.2) is 4.98 Å². The minimum Gasteiger partial charge on any atom is -0.496 e. The van der Waals surface area contributed by atoms with E-state index in [0.29, 0.717) is 5.69 Å². The predicted molar refractivity (Wildman–Crippen MR) is 83.0 cm³/mol. The van der Waals surface area contributed by atoms with Crippen LogP contribution in [0, 0.1) is 6.92 Å². The van der Waals surface area contributed by atoms with Gasteiger partial charge >= 0.3 is 0 Å². The molecule has 0 unspecified atom stereocenters. The SMILES string of the molecule is COc1ccc(N)cc1-c1nc(C)c(-c2cccnc2)[nH]1. The van der Waals surface area contributed by atoms with Crippen LogP contribution >= 0.6 is 0 Å². The molecule has 0 spiro atoms. The number of nitrogens with one attached hydrogen (secondary N) is 1. The van der Waals surface area contributed by atoms with Crippen molar-refractivity contribution in [3.63, 3.8) is 0 Å². The number of pyridine rings is 1. The summed E-state index contributed by atoms with van der Waals surface area (Å²) in [5, 5.41) is 0. The molecule has 21 heavy (non-hydrogen) atoms. The fourth-order valence-corrected chi connectivity index (χ4v) is 2.29. The molecular formula is C16H16N4O. The second-order valence-electron chi connectivity index (χ2n) is 4.75. The van der Waals surface area contributed by atoms with E-state index in [0.717, 1.165) is 34.1 Å². The lowest BCUT2D eigenvalue weighted by atomic mass is 10.1. The van der Waals surface area contributed by atoms with Crippen molar-refractivity contribution in [2.24, 2.45) is 0 Å². The molecule has 1 aromatic carbocycles. The molecule has 0 atom stereocenters. The number of aromatic amines is 1. The van der Waals surface area contributed by atoms with Gasteiger partial charge in [-0.05, 0) is 37.3 Å².